The van der Waals surface area contributed by atoms with Crippen LogP contribution in [0.5, 0.6) is 0 Å². The zero-order valence-electron chi connectivity index (χ0n) is 8.94. The second kappa shape index (κ2) is 3.34. The number of anilines is 4. The summed E-state index contributed by atoms with van der Waals surface area (Å²) in [4.78, 5) is 0. The van der Waals surface area contributed by atoms with Crippen LogP contribution >= 0.6 is 0 Å². The number of hydrogen-bond donors (Lipinski definition) is 4. The van der Waals surface area contributed by atoms with Gasteiger partial charge in [-0.05, 0) is 12.1 Å². The van der Waals surface area contributed by atoms with Gasteiger partial charge in [0.15, 0.2) is 0 Å². The smallest absolute Gasteiger partial charge is 0.129 e. The summed E-state index contributed by atoms with van der Waals surface area (Å²) in [6.07, 6.45) is 1.62. The molecule has 2 aromatic rings. The Morgan fingerprint density at radius 3 is 2.25 bits per heavy atom. The van der Waals surface area contributed by atoms with Crippen LogP contribution in [0.3, 0.4) is 0 Å². The molecule has 0 aliphatic carbocycles. The van der Waals surface area contributed by atoms with Crippen molar-refractivity contribution in [1.29, 1.82) is 0 Å². The lowest BCUT2D eigenvalue weighted by Gasteiger charge is -2.10. The summed E-state index contributed by atoms with van der Waals surface area (Å²) in [7, 11) is 1.75. The highest BCUT2D eigenvalue weighted by atomic mass is 15.3. The molecule has 0 spiro atoms. The van der Waals surface area contributed by atoms with Gasteiger partial charge in [-0.1, -0.05) is 0 Å². The number of aryl methyl sites for hydroxylation is 1. The molecule has 6 heteroatoms. The maximum absolute atomic E-state index is 5.90. The van der Waals surface area contributed by atoms with E-state index in [0.29, 0.717) is 34.0 Å². The summed E-state index contributed by atoms with van der Waals surface area (Å²) < 4.78 is 1.55. The number of aromatic nitrogens is 2. The van der Waals surface area contributed by atoms with Gasteiger partial charge in [-0.15, -0.1) is 0 Å². The van der Waals surface area contributed by atoms with Crippen LogP contribution in [0, 0.1) is 0 Å². The first-order valence-electron chi connectivity index (χ1n) is 4.73. The van der Waals surface area contributed by atoms with Crippen LogP contribution in [0.15, 0.2) is 18.3 Å². The fourth-order valence-corrected chi connectivity index (χ4v) is 1.59. The number of benzene rings is 1. The highest BCUT2D eigenvalue weighted by Crippen LogP contribution is 2.37. The van der Waals surface area contributed by atoms with Crippen molar-refractivity contribution in [2.45, 2.75) is 0 Å². The minimum Gasteiger partial charge on any atom is -0.398 e. The summed E-state index contributed by atoms with van der Waals surface area (Å²) in [6.45, 7) is 0. The number of nitrogen functional groups attached to an aromatic ring is 4. The van der Waals surface area contributed by atoms with Crippen LogP contribution in [0.2, 0.25) is 0 Å². The monoisotopic (exact) mass is 218 g/mol. The summed E-state index contributed by atoms with van der Waals surface area (Å²) in [5.41, 5.74) is 26.2. The van der Waals surface area contributed by atoms with Gasteiger partial charge in [-0.3, -0.25) is 4.68 Å². The Kier molecular flexibility index (Phi) is 2.12. The normalized spacial score (nSPS) is 10.6. The van der Waals surface area contributed by atoms with Crippen LogP contribution in [0.25, 0.3) is 11.1 Å². The summed E-state index contributed by atoms with van der Waals surface area (Å²) in [5.74, 6) is 0.504. The lowest BCUT2D eigenvalue weighted by atomic mass is 10.0. The van der Waals surface area contributed by atoms with E-state index < -0.39 is 0 Å². The van der Waals surface area contributed by atoms with E-state index in [4.69, 9.17) is 22.9 Å². The molecule has 0 saturated heterocycles. The molecule has 2 rings (SSSR count). The van der Waals surface area contributed by atoms with E-state index in [1.54, 1.807) is 30.1 Å². The average molecular weight is 218 g/mol. The Morgan fingerprint density at radius 1 is 1.06 bits per heavy atom. The highest BCUT2D eigenvalue weighted by molar-refractivity contribution is 5.95. The maximum Gasteiger partial charge on any atom is 0.129 e. The van der Waals surface area contributed by atoms with E-state index in [9.17, 15) is 0 Å². The summed E-state index contributed by atoms with van der Waals surface area (Å²) >= 11 is 0. The van der Waals surface area contributed by atoms with Gasteiger partial charge >= 0.3 is 0 Å². The highest BCUT2D eigenvalue weighted by Gasteiger charge is 2.15. The predicted octanol–water partition coefficient (Wildman–Crippen LogP) is 0.416. The Morgan fingerprint density at radius 2 is 1.69 bits per heavy atom. The number of hydrogen-bond acceptors (Lipinski definition) is 5. The molecule has 16 heavy (non-hydrogen) atoms. The minimum absolute atomic E-state index is 0.430. The SMILES string of the molecule is Cn1ncc(-c2c(N)ccc(N)c2N)c1N. The molecule has 0 aliphatic rings. The van der Waals surface area contributed by atoms with Gasteiger partial charge in [0.05, 0.1) is 17.6 Å². The number of nitrogens with zero attached hydrogens (tertiary/aromatic N) is 2. The molecule has 1 heterocycles. The molecular formula is C10H14N6. The first-order valence-corrected chi connectivity index (χ1v) is 4.73. The van der Waals surface area contributed by atoms with Gasteiger partial charge in [0.25, 0.3) is 0 Å². The molecule has 0 fully saturated rings. The molecule has 0 amide bonds. The van der Waals surface area contributed by atoms with Crippen molar-refractivity contribution in [2.24, 2.45) is 7.05 Å². The first-order chi connectivity index (χ1) is 7.52. The molecule has 84 valence electrons. The second-order valence-electron chi connectivity index (χ2n) is 3.60. The van der Waals surface area contributed by atoms with Gasteiger partial charge in [-0.2, -0.15) is 5.10 Å². The second-order valence-corrected chi connectivity index (χ2v) is 3.60. The van der Waals surface area contributed by atoms with Crippen molar-refractivity contribution < 1.29 is 0 Å². The maximum atomic E-state index is 5.90. The van der Waals surface area contributed by atoms with Crippen LogP contribution in [-0.4, -0.2) is 9.78 Å². The fourth-order valence-electron chi connectivity index (χ4n) is 1.59. The molecule has 0 atom stereocenters. The Balaban J connectivity index is 2.73. The van der Waals surface area contributed by atoms with Gasteiger partial charge in [0, 0.05) is 23.9 Å². The molecule has 1 aromatic heterocycles. The topological polar surface area (TPSA) is 122 Å². The molecule has 0 radical (unpaired) electrons. The Labute approximate surface area is 92.8 Å². The van der Waals surface area contributed by atoms with Crippen molar-refractivity contribution in [1.82, 2.24) is 9.78 Å². The quantitative estimate of drug-likeness (QED) is 0.516. The van der Waals surface area contributed by atoms with E-state index in [2.05, 4.69) is 5.10 Å². The summed E-state index contributed by atoms with van der Waals surface area (Å²) in [6, 6.07) is 3.37. The van der Waals surface area contributed by atoms with Gasteiger partial charge in [0.2, 0.25) is 0 Å². The zero-order valence-corrected chi connectivity index (χ0v) is 8.94. The van der Waals surface area contributed by atoms with Crippen molar-refractivity contribution >= 4 is 22.9 Å². The van der Waals surface area contributed by atoms with Crippen LogP contribution in [0.1, 0.15) is 0 Å². The Bertz CT molecular complexity index is 542. The lowest BCUT2D eigenvalue weighted by Crippen LogP contribution is -2.03. The number of nitrogens with two attached hydrogens (primary N) is 4. The first kappa shape index (κ1) is 10.2. The number of rotatable bonds is 1. The van der Waals surface area contributed by atoms with E-state index in [0.717, 1.165) is 0 Å². The van der Waals surface area contributed by atoms with E-state index >= 15 is 0 Å². The third-order valence-electron chi connectivity index (χ3n) is 2.57. The van der Waals surface area contributed by atoms with Crippen molar-refractivity contribution in [3.8, 4) is 11.1 Å². The third-order valence-corrected chi connectivity index (χ3v) is 2.57. The van der Waals surface area contributed by atoms with Gasteiger partial charge in [-0.25, -0.2) is 0 Å². The van der Waals surface area contributed by atoms with E-state index in [1.165, 1.54) is 0 Å². The van der Waals surface area contributed by atoms with Gasteiger partial charge < -0.3 is 22.9 Å². The molecule has 6 nitrogen and oxygen atoms in total. The molecule has 0 aliphatic heterocycles. The van der Waals surface area contributed by atoms with E-state index in [-0.39, 0.29) is 0 Å². The van der Waals surface area contributed by atoms with E-state index in [1.807, 2.05) is 0 Å². The molecule has 0 saturated carbocycles. The molecule has 0 unspecified atom stereocenters. The van der Waals surface area contributed by atoms with Crippen molar-refractivity contribution in [3.05, 3.63) is 18.3 Å². The fraction of sp³-hybridized carbons (Fsp3) is 0.100. The predicted molar refractivity (Wildman–Crippen MR) is 66.3 cm³/mol. The zero-order chi connectivity index (χ0) is 11.9. The largest absolute Gasteiger partial charge is 0.398 e. The molecular weight excluding hydrogens is 204 g/mol. The van der Waals surface area contributed by atoms with Crippen LogP contribution in [0.4, 0.5) is 22.9 Å². The standard InChI is InChI=1S/C10H14N6/c1-16-10(14)5(4-15-16)8-6(11)2-3-7(12)9(8)13/h2-4H,11-14H2,1H3. The van der Waals surface area contributed by atoms with Crippen molar-refractivity contribution in [3.63, 3.8) is 0 Å². The lowest BCUT2D eigenvalue weighted by molar-refractivity contribution is 0.779. The molecule has 1 aromatic carbocycles. The Hall–Kier alpha value is -2.37. The molecule has 8 N–H and O–H groups in total. The van der Waals surface area contributed by atoms with Crippen LogP contribution < -0.4 is 22.9 Å². The minimum atomic E-state index is 0.430. The van der Waals surface area contributed by atoms with Gasteiger partial charge in [0.1, 0.15) is 5.82 Å². The average Bonchev–Trinajstić information content (AvgIpc) is 2.56. The van der Waals surface area contributed by atoms with Crippen molar-refractivity contribution in [2.75, 3.05) is 22.9 Å². The summed E-state index contributed by atoms with van der Waals surface area (Å²) in [5, 5.41) is 4.04. The third kappa shape index (κ3) is 1.31. The van der Waals surface area contributed by atoms with Crippen LogP contribution in [-0.2, 0) is 7.05 Å². The molecule has 0 bridgehead atoms.